The SMILES string of the molecule is CC(C)C[C@H](NC(=O)NCC1CCCS1(=O)=O)C(=O)O. The highest BCUT2D eigenvalue weighted by Gasteiger charge is 2.31. The number of carbonyl (C=O) groups is 2. The van der Waals surface area contributed by atoms with Crippen LogP contribution in [0.1, 0.15) is 33.1 Å². The second-order valence-corrected chi connectivity index (χ2v) is 7.91. The first-order valence-electron chi connectivity index (χ1n) is 6.71. The van der Waals surface area contributed by atoms with Gasteiger partial charge >= 0.3 is 12.0 Å². The van der Waals surface area contributed by atoms with Crippen LogP contribution < -0.4 is 10.6 Å². The van der Waals surface area contributed by atoms with E-state index in [1.807, 2.05) is 13.8 Å². The van der Waals surface area contributed by atoms with Gasteiger partial charge in [-0.05, 0) is 25.2 Å². The molecule has 1 aliphatic rings. The molecular formula is C12H22N2O5S. The van der Waals surface area contributed by atoms with Crippen LogP contribution >= 0.6 is 0 Å². The molecule has 1 fully saturated rings. The van der Waals surface area contributed by atoms with Crippen molar-refractivity contribution in [3.63, 3.8) is 0 Å². The first kappa shape index (κ1) is 16.7. The third-order valence-electron chi connectivity index (χ3n) is 3.26. The molecular weight excluding hydrogens is 284 g/mol. The molecule has 0 spiro atoms. The van der Waals surface area contributed by atoms with Crippen LogP contribution in [0.2, 0.25) is 0 Å². The lowest BCUT2D eigenvalue weighted by Gasteiger charge is -2.18. The van der Waals surface area contributed by atoms with Gasteiger partial charge in [0.25, 0.3) is 0 Å². The van der Waals surface area contributed by atoms with Crippen molar-refractivity contribution in [2.75, 3.05) is 12.3 Å². The first-order chi connectivity index (χ1) is 9.22. The van der Waals surface area contributed by atoms with E-state index in [1.165, 1.54) is 0 Å². The van der Waals surface area contributed by atoms with E-state index in [9.17, 15) is 18.0 Å². The highest BCUT2D eigenvalue weighted by atomic mass is 32.2. The summed E-state index contributed by atoms with van der Waals surface area (Å²) in [4.78, 5) is 22.6. The van der Waals surface area contributed by atoms with E-state index >= 15 is 0 Å². The summed E-state index contributed by atoms with van der Waals surface area (Å²) >= 11 is 0. The summed E-state index contributed by atoms with van der Waals surface area (Å²) in [5.41, 5.74) is 0. The maximum absolute atomic E-state index is 11.6. The second kappa shape index (κ2) is 6.92. The molecule has 0 saturated carbocycles. The van der Waals surface area contributed by atoms with Crippen molar-refractivity contribution in [1.82, 2.24) is 10.6 Å². The molecule has 0 bridgehead atoms. The summed E-state index contributed by atoms with van der Waals surface area (Å²) < 4.78 is 23.2. The van der Waals surface area contributed by atoms with Crippen molar-refractivity contribution in [3.8, 4) is 0 Å². The topological polar surface area (TPSA) is 113 Å². The molecule has 7 nitrogen and oxygen atoms in total. The predicted octanol–water partition coefficient (Wildman–Crippen LogP) is 0.362. The summed E-state index contributed by atoms with van der Waals surface area (Å²) in [5, 5.41) is 13.2. The molecule has 3 N–H and O–H groups in total. The van der Waals surface area contributed by atoms with Crippen LogP contribution in [0.5, 0.6) is 0 Å². The van der Waals surface area contributed by atoms with Gasteiger partial charge in [0.15, 0.2) is 9.84 Å². The highest BCUT2D eigenvalue weighted by molar-refractivity contribution is 7.92. The third kappa shape index (κ3) is 4.99. The summed E-state index contributed by atoms with van der Waals surface area (Å²) in [7, 11) is -3.11. The van der Waals surface area contributed by atoms with Crippen LogP contribution in [-0.2, 0) is 14.6 Å². The third-order valence-corrected chi connectivity index (χ3v) is 5.54. The second-order valence-electron chi connectivity index (χ2n) is 5.51. The number of carbonyl (C=O) groups excluding carboxylic acids is 1. The van der Waals surface area contributed by atoms with Crippen LogP contribution in [0.25, 0.3) is 0 Å². The molecule has 0 radical (unpaired) electrons. The molecule has 0 aliphatic carbocycles. The van der Waals surface area contributed by atoms with Gasteiger partial charge in [-0.25, -0.2) is 18.0 Å². The Morgan fingerprint density at radius 1 is 1.35 bits per heavy atom. The minimum atomic E-state index is -3.11. The van der Waals surface area contributed by atoms with Crippen molar-refractivity contribution in [2.24, 2.45) is 5.92 Å². The number of nitrogens with one attached hydrogen (secondary N) is 2. The van der Waals surface area contributed by atoms with Crippen LogP contribution in [0.4, 0.5) is 4.79 Å². The average molecular weight is 306 g/mol. The monoisotopic (exact) mass is 306 g/mol. The van der Waals surface area contributed by atoms with Crippen molar-refractivity contribution in [2.45, 2.75) is 44.4 Å². The van der Waals surface area contributed by atoms with Gasteiger partial charge in [0.1, 0.15) is 6.04 Å². The molecule has 0 aromatic heterocycles. The van der Waals surface area contributed by atoms with Crippen LogP contribution in [-0.4, -0.2) is 49.1 Å². The lowest BCUT2D eigenvalue weighted by atomic mass is 10.0. The highest BCUT2D eigenvalue weighted by Crippen LogP contribution is 2.18. The van der Waals surface area contributed by atoms with E-state index in [0.717, 1.165) is 0 Å². The summed E-state index contributed by atoms with van der Waals surface area (Å²) in [5.74, 6) is -0.805. The number of sulfone groups is 1. The van der Waals surface area contributed by atoms with Gasteiger partial charge < -0.3 is 15.7 Å². The van der Waals surface area contributed by atoms with Gasteiger partial charge in [-0.15, -0.1) is 0 Å². The molecule has 8 heteroatoms. The quantitative estimate of drug-likeness (QED) is 0.656. The fraction of sp³-hybridized carbons (Fsp3) is 0.833. The Morgan fingerprint density at radius 3 is 2.45 bits per heavy atom. The molecule has 116 valence electrons. The standard InChI is InChI=1S/C12H22N2O5S/c1-8(2)6-10(11(15)16)14-12(17)13-7-9-4-3-5-20(9,18)19/h8-10H,3-7H2,1-2H3,(H,15,16)(H2,13,14,17)/t9?,10-/m0/s1. The summed E-state index contributed by atoms with van der Waals surface area (Å²) in [6, 6.07) is -1.60. The van der Waals surface area contributed by atoms with E-state index < -0.39 is 33.1 Å². The van der Waals surface area contributed by atoms with Crippen molar-refractivity contribution in [1.29, 1.82) is 0 Å². The van der Waals surface area contributed by atoms with E-state index in [2.05, 4.69) is 10.6 Å². The Morgan fingerprint density at radius 2 is 2.00 bits per heavy atom. The largest absolute Gasteiger partial charge is 0.480 e. The fourth-order valence-corrected chi connectivity index (χ4v) is 3.96. The molecule has 1 rings (SSSR count). The van der Waals surface area contributed by atoms with E-state index in [-0.39, 0.29) is 18.2 Å². The van der Waals surface area contributed by atoms with E-state index in [0.29, 0.717) is 19.3 Å². The number of carboxylic acids is 1. The number of carboxylic acid groups (broad SMARTS) is 1. The Hall–Kier alpha value is -1.31. The number of rotatable bonds is 6. The smallest absolute Gasteiger partial charge is 0.326 e. The molecule has 2 amide bonds. The summed E-state index contributed by atoms with van der Waals surface area (Å²) in [6.07, 6.45) is 1.48. The fourth-order valence-electron chi connectivity index (χ4n) is 2.20. The molecule has 20 heavy (non-hydrogen) atoms. The van der Waals surface area contributed by atoms with Crippen molar-refractivity contribution < 1.29 is 23.1 Å². The Balaban J connectivity index is 2.44. The van der Waals surface area contributed by atoms with Gasteiger partial charge in [-0.1, -0.05) is 13.8 Å². The maximum Gasteiger partial charge on any atom is 0.326 e. The van der Waals surface area contributed by atoms with Crippen molar-refractivity contribution >= 4 is 21.8 Å². The Bertz CT molecular complexity index is 460. The first-order valence-corrected chi connectivity index (χ1v) is 8.42. The lowest BCUT2D eigenvalue weighted by Crippen LogP contribution is -2.48. The number of urea groups is 1. The van der Waals surface area contributed by atoms with Gasteiger partial charge in [0.2, 0.25) is 0 Å². The normalized spacial score (nSPS) is 22.4. The predicted molar refractivity (Wildman–Crippen MR) is 74.2 cm³/mol. The number of hydrogen-bond acceptors (Lipinski definition) is 4. The molecule has 0 aromatic rings. The zero-order valence-electron chi connectivity index (χ0n) is 11.8. The molecule has 0 aromatic carbocycles. The van der Waals surface area contributed by atoms with Crippen LogP contribution in [0.3, 0.4) is 0 Å². The zero-order chi connectivity index (χ0) is 15.3. The minimum Gasteiger partial charge on any atom is -0.480 e. The lowest BCUT2D eigenvalue weighted by molar-refractivity contribution is -0.139. The van der Waals surface area contributed by atoms with Crippen molar-refractivity contribution in [3.05, 3.63) is 0 Å². The Labute approximate surface area is 119 Å². The van der Waals surface area contributed by atoms with Gasteiger partial charge in [0.05, 0.1) is 11.0 Å². The maximum atomic E-state index is 11.6. The Kier molecular flexibility index (Phi) is 5.79. The molecule has 2 atom stereocenters. The molecule has 1 aliphatic heterocycles. The number of aliphatic carboxylic acids is 1. The zero-order valence-corrected chi connectivity index (χ0v) is 12.6. The minimum absolute atomic E-state index is 0.0299. The van der Waals surface area contributed by atoms with Gasteiger partial charge in [-0.3, -0.25) is 0 Å². The van der Waals surface area contributed by atoms with Crippen LogP contribution in [0, 0.1) is 5.92 Å². The summed E-state index contributed by atoms with van der Waals surface area (Å²) in [6.45, 7) is 3.75. The van der Waals surface area contributed by atoms with Gasteiger partial charge in [-0.2, -0.15) is 0 Å². The molecule has 1 heterocycles. The van der Waals surface area contributed by atoms with E-state index in [4.69, 9.17) is 5.11 Å². The number of hydrogen-bond donors (Lipinski definition) is 3. The number of amides is 2. The van der Waals surface area contributed by atoms with Crippen LogP contribution in [0.15, 0.2) is 0 Å². The van der Waals surface area contributed by atoms with E-state index in [1.54, 1.807) is 0 Å². The molecule has 1 saturated heterocycles. The average Bonchev–Trinajstić information content (AvgIpc) is 2.64. The molecule has 1 unspecified atom stereocenters. The van der Waals surface area contributed by atoms with Gasteiger partial charge in [0, 0.05) is 6.54 Å².